The van der Waals surface area contributed by atoms with Gasteiger partial charge >= 0.3 is 0 Å². The van der Waals surface area contributed by atoms with Gasteiger partial charge in [0.05, 0.1) is 18.6 Å². The summed E-state index contributed by atoms with van der Waals surface area (Å²) in [6.45, 7) is 1.76. The molecule has 1 N–H and O–H groups in total. The van der Waals surface area contributed by atoms with Crippen LogP contribution in [0.25, 0.3) is 11.3 Å². The summed E-state index contributed by atoms with van der Waals surface area (Å²) in [4.78, 5) is 15.3. The highest BCUT2D eigenvalue weighted by atomic mass is 35.5. The van der Waals surface area contributed by atoms with Gasteiger partial charge < -0.3 is 9.73 Å². The topological polar surface area (TPSA) is 89.1 Å². The Morgan fingerprint density at radius 3 is 2.68 bits per heavy atom. The summed E-state index contributed by atoms with van der Waals surface area (Å²) in [5.74, 6) is 1.58. The maximum Gasteiger partial charge on any atom is 0.237 e. The quantitative estimate of drug-likeness (QED) is 0.416. The van der Waals surface area contributed by atoms with E-state index in [1.54, 1.807) is 11.0 Å². The number of benzene rings is 2. The van der Waals surface area contributed by atoms with E-state index in [2.05, 4.69) is 37.9 Å². The van der Waals surface area contributed by atoms with E-state index in [4.69, 9.17) is 16.0 Å². The lowest BCUT2D eigenvalue weighted by atomic mass is 10.1. The van der Waals surface area contributed by atoms with Crippen molar-refractivity contribution < 1.29 is 9.21 Å². The molecule has 1 aliphatic heterocycles. The molecule has 1 amide bonds. The molecular formula is C25H25ClN6O2. The molecule has 9 heteroatoms. The third-order valence-electron chi connectivity index (χ3n) is 6.13. The summed E-state index contributed by atoms with van der Waals surface area (Å²) >= 11 is 6.00. The first-order chi connectivity index (χ1) is 16.7. The van der Waals surface area contributed by atoms with Gasteiger partial charge in [-0.25, -0.2) is 4.68 Å². The minimum atomic E-state index is -0.297. The standard InChI is InChI=1S/C25H25ClN6O2/c26-20-8-6-19(7-9-20)24-11-10-22(34-24)16-31-15-21(32-17-28-29-30-32)14-23(31)25(33)27-13-12-18-4-2-1-3-5-18/h1-11,17,21,23H,12-16H2,(H,27,33)/t21-,23+/m1/s1. The molecule has 1 fully saturated rings. The number of likely N-dealkylation sites (tertiary alicyclic amines) is 1. The third-order valence-corrected chi connectivity index (χ3v) is 6.38. The van der Waals surface area contributed by atoms with Gasteiger partial charge in [-0.15, -0.1) is 5.10 Å². The first kappa shape index (κ1) is 22.3. The summed E-state index contributed by atoms with van der Waals surface area (Å²) < 4.78 is 7.83. The monoisotopic (exact) mass is 476 g/mol. The number of nitrogens with zero attached hydrogens (tertiary/aromatic N) is 5. The van der Waals surface area contributed by atoms with Gasteiger partial charge in [-0.2, -0.15) is 0 Å². The Kier molecular flexibility index (Phi) is 6.69. The highest BCUT2D eigenvalue weighted by molar-refractivity contribution is 6.30. The number of rotatable bonds is 8. The van der Waals surface area contributed by atoms with Gasteiger partial charge in [0, 0.05) is 23.7 Å². The average Bonchev–Trinajstić information content (AvgIpc) is 3.62. The van der Waals surface area contributed by atoms with Crippen molar-refractivity contribution in [2.45, 2.75) is 31.5 Å². The second-order valence-electron chi connectivity index (χ2n) is 8.42. The Morgan fingerprint density at radius 2 is 1.91 bits per heavy atom. The number of furan rings is 1. The minimum absolute atomic E-state index is 0.0102. The maximum atomic E-state index is 13.2. The van der Waals surface area contributed by atoms with Gasteiger partial charge in [-0.3, -0.25) is 9.69 Å². The zero-order valence-corrected chi connectivity index (χ0v) is 19.3. The van der Waals surface area contributed by atoms with E-state index in [0.29, 0.717) is 31.1 Å². The lowest BCUT2D eigenvalue weighted by Crippen LogP contribution is -2.43. The molecular weight excluding hydrogens is 452 g/mol. The number of nitrogens with one attached hydrogen (secondary N) is 1. The first-order valence-corrected chi connectivity index (χ1v) is 11.7. The van der Waals surface area contributed by atoms with Crippen LogP contribution in [0.1, 0.15) is 23.8 Å². The van der Waals surface area contributed by atoms with Crippen LogP contribution in [0.4, 0.5) is 0 Å². The van der Waals surface area contributed by atoms with E-state index < -0.39 is 0 Å². The molecule has 1 saturated heterocycles. The van der Waals surface area contributed by atoms with Crippen LogP contribution in [0.3, 0.4) is 0 Å². The summed E-state index contributed by atoms with van der Waals surface area (Å²) in [5.41, 5.74) is 2.15. The molecule has 34 heavy (non-hydrogen) atoms. The van der Waals surface area contributed by atoms with Crippen molar-refractivity contribution in [2.75, 3.05) is 13.1 Å². The number of carbonyl (C=O) groups is 1. The molecule has 0 aliphatic carbocycles. The fraction of sp³-hybridized carbons (Fsp3) is 0.280. The number of halogens is 1. The van der Waals surface area contributed by atoms with E-state index in [-0.39, 0.29) is 18.0 Å². The van der Waals surface area contributed by atoms with Gasteiger partial charge in [0.25, 0.3) is 0 Å². The highest BCUT2D eigenvalue weighted by Gasteiger charge is 2.38. The Morgan fingerprint density at radius 1 is 1.09 bits per heavy atom. The van der Waals surface area contributed by atoms with Crippen molar-refractivity contribution in [3.8, 4) is 11.3 Å². The van der Waals surface area contributed by atoms with E-state index in [9.17, 15) is 4.79 Å². The Hall–Kier alpha value is -3.49. The molecule has 0 unspecified atom stereocenters. The number of hydrogen-bond donors (Lipinski definition) is 1. The second-order valence-corrected chi connectivity index (χ2v) is 8.86. The molecule has 0 bridgehead atoms. The minimum Gasteiger partial charge on any atom is -0.460 e. The smallest absolute Gasteiger partial charge is 0.237 e. The van der Waals surface area contributed by atoms with E-state index in [1.165, 1.54) is 5.56 Å². The van der Waals surface area contributed by atoms with Crippen molar-refractivity contribution in [3.63, 3.8) is 0 Å². The van der Waals surface area contributed by atoms with Gasteiger partial charge in [0.2, 0.25) is 5.91 Å². The first-order valence-electron chi connectivity index (χ1n) is 11.3. The predicted molar refractivity (Wildman–Crippen MR) is 128 cm³/mol. The predicted octanol–water partition coefficient (Wildman–Crippen LogP) is 3.76. The zero-order chi connectivity index (χ0) is 23.3. The Balaban J connectivity index is 1.27. The van der Waals surface area contributed by atoms with Gasteiger partial charge in [-0.05, 0) is 65.2 Å². The van der Waals surface area contributed by atoms with E-state index >= 15 is 0 Å². The Bertz CT molecular complexity index is 1210. The normalized spacial score (nSPS) is 18.3. The molecule has 8 nitrogen and oxygen atoms in total. The SMILES string of the molecule is O=C(NCCc1ccccc1)[C@@H]1C[C@@H](n2cnnn2)CN1Cc1ccc(-c2ccc(Cl)cc2)o1. The number of carbonyl (C=O) groups excluding carboxylic acids is 1. The van der Waals surface area contributed by atoms with Crippen LogP contribution in [0, 0.1) is 0 Å². The van der Waals surface area contributed by atoms with Crippen molar-refractivity contribution in [3.05, 3.63) is 89.4 Å². The lowest BCUT2D eigenvalue weighted by molar-refractivity contribution is -0.125. The molecule has 0 spiro atoms. The molecule has 5 rings (SSSR count). The number of hydrogen-bond acceptors (Lipinski definition) is 6. The number of amides is 1. The molecule has 174 valence electrons. The van der Waals surface area contributed by atoms with E-state index in [0.717, 1.165) is 23.5 Å². The largest absolute Gasteiger partial charge is 0.460 e. The molecule has 1 aliphatic rings. The van der Waals surface area contributed by atoms with Crippen LogP contribution in [0.15, 0.2) is 77.5 Å². The molecule has 0 radical (unpaired) electrons. The molecule has 2 atom stereocenters. The van der Waals surface area contributed by atoms with Gasteiger partial charge in [0.15, 0.2) is 0 Å². The number of tetrazole rings is 1. The van der Waals surface area contributed by atoms with Crippen LogP contribution in [0.5, 0.6) is 0 Å². The third kappa shape index (κ3) is 5.18. The molecule has 2 aromatic carbocycles. The van der Waals surface area contributed by atoms with Crippen LogP contribution in [-0.2, 0) is 17.8 Å². The van der Waals surface area contributed by atoms with Gasteiger partial charge in [-0.1, -0.05) is 41.9 Å². The molecule has 4 aromatic rings. The average molecular weight is 477 g/mol. The van der Waals surface area contributed by atoms with Crippen molar-refractivity contribution in [1.82, 2.24) is 30.4 Å². The molecule has 3 heterocycles. The summed E-state index contributed by atoms with van der Waals surface area (Å²) in [7, 11) is 0. The van der Waals surface area contributed by atoms with E-state index in [1.807, 2.05) is 54.6 Å². The van der Waals surface area contributed by atoms with Crippen molar-refractivity contribution in [2.24, 2.45) is 0 Å². The summed E-state index contributed by atoms with van der Waals surface area (Å²) in [6, 6.07) is 21.3. The van der Waals surface area contributed by atoms with Gasteiger partial charge in [0.1, 0.15) is 17.8 Å². The maximum absolute atomic E-state index is 13.2. The van der Waals surface area contributed by atoms with Crippen LogP contribution >= 0.6 is 11.6 Å². The highest BCUT2D eigenvalue weighted by Crippen LogP contribution is 2.30. The summed E-state index contributed by atoms with van der Waals surface area (Å²) in [6.07, 6.45) is 3.02. The van der Waals surface area contributed by atoms with Crippen LogP contribution < -0.4 is 5.32 Å². The summed E-state index contributed by atoms with van der Waals surface area (Å²) in [5, 5.41) is 15.4. The van der Waals surface area contributed by atoms with Crippen LogP contribution in [0.2, 0.25) is 5.02 Å². The fourth-order valence-electron chi connectivity index (χ4n) is 4.38. The van der Waals surface area contributed by atoms with Crippen LogP contribution in [-0.4, -0.2) is 50.1 Å². The fourth-order valence-corrected chi connectivity index (χ4v) is 4.51. The number of aromatic nitrogens is 4. The van der Waals surface area contributed by atoms with Crippen molar-refractivity contribution >= 4 is 17.5 Å². The Labute approximate surface area is 202 Å². The molecule has 0 saturated carbocycles. The zero-order valence-electron chi connectivity index (χ0n) is 18.5. The lowest BCUT2D eigenvalue weighted by Gasteiger charge is -2.22. The second kappa shape index (κ2) is 10.2. The van der Waals surface area contributed by atoms with Crippen molar-refractivity contribution in [1.29, 1.82) is 0 Å². The molecule has 2 aromatic heterocycles.